The smallest absolute Gasteiger partial charge is 0.234 e. The zero-order chi connectivity index (χ0) is 15.2. The molecule has 0 spiro atoms. The molecule has 3 aromatic rings. The molecule has 0 bridgehead atoms. The number of thioether (sulfide) groups is 1. The SMILES string of the molecule is O=C(CSc1cccs1)Nc1ccccc1-c1ccccc1. The molecule has 22 heavy (non-hydrogen) atoms. The van der Waals surface area contributed by atoms with E-state index >= 15 is 0 Å². The number of benzene rings is 2. The predicted molar refractivity (Wildman–Crippen MR) is 95.6 cm³/mol. The van der Waals surface area contributed by atoms with E-state index in [2.05, 4.69) is 5.32 Å². The highest BCUT2D eigenvalue weighted by Crippen LogP contribution is 2.28. The van der Waals surface area contributed by atoms with Crippen molar-refractivity contribution in [1.82, 2.24) is 0 Å². The maximum absolute atomic E-state index is 12.2. The third-order valence-corrected chi connectivity index (χ3v) is 5.26. The molecule has 1 amide bonds. The van der Waals surface area contributed by atoms with E-state index in [1.165, 1.54) is 0 Å². The van der Waals surface area contributed by atoms with Gasteiger partial charge in [-0.1, -0.05) is 54.6 Å². The fraction of sp³-hybridized carbons (Fsp3) is 0.0556. The van der Waals surface area contributed by atoms with Crippen molar-refractivity contribution in [3.63, 3.8) is 0 Å². The van der Waals surface area contributed by atoms with Crippen LogP contribution in [-0.2, 0) is 4.79 Å². The van der Waals surface area contributed by atoms with Gasteiger partial charge in [-0.3, -0.25) is 4.79 Å². The summed E-state index contributed by atoms with van der Waals surface area (Å²) in [4.78, 5) is 12.2. The van der Waals surface area contributed by atoms with Crippen molar-refractivity contribution in [2.75, 3.05) is 11.1 Å². The minimum absolute atomic E-state index is 0.0155. The van der Waals surface area contributed by atoms with Gasteiger partial charge in [-0.05, 0) is 23.1 Å². The summed E-state index contributed by atoms with van der Waals surface area (Å²) < 4.78 is 1.16. The number of anilines is 1. The van der Waals surface area contributed by atoms with Crippen LogP contribution in [0.4, 0.5) is 5.69 Å². The first-order valence-electron chi connectivity index (χ1n) is 6.93. The zero-order valence-corrected chi connectivity index (χ0v) is 13.5. The van der Waals surface area contributed by atoms with E-state index in [1.807, 2.05) is 72.1 Å². The highest BCUT2D eigenvalue weighted by atomic mass is 32.2. The number of nitrogens with one attached hydrogen (secondary N) is 1. The van der Waals surface area contributed by atoms with E-state index in [0.29, 0.717) is 5.75 Å². The van der Waals surface area contributed by atoms with Gasteiger partial charge in [0.1, 0.15) is 0 Å². The Balaban J connectivity index is 1.71. The van der Waals surface area contributed by atoms with Gasteiger partial charge in [0.25, 0.3) is 0 Å². The zero-order valence-electron chi connectivity index (χ0n) is 11.9. The Kier molecular flexibility index (Phi) is 4.93. The van der Waals surface area contributed by atoms with Crippen molar-refractivity contribution in [1.29, 1.82) is 0 Å². The Morgan fingerprint density at radius 3 is 2.50 bits per heavy atom. The van der Waals surface area contributed by atoms with Gasteiger partial charge in [0, 0.05) is 11.3 Å². The van der Waals surface area contributed by atoms with E-state index in [-0.39, 0.29) is 5.91 Å². The lowest BCUT2D eigenvalue weighted by Gasteiger charge is -2.11. The second-order valence-corrected chi connectivity index (χ2v) is 6.90. The Labute approximate surface area is 138 Å². The normalized spacial score (nSPS) is 10.4. The van der Waals surface area contributed by atoms with Gasteiger partial charge in [0.15, 0.2) is 0 Å². The van der Waals surface area contributed by atoms with Crippen LogP contribution >= 0.6 is 23.1 Å². The van der Waals surface area contributed by atoms with Crippen molar-refractivity contribution in [3.05, 3.63) is 72.1 Å². The van der Waals surface area contributed by atoms with Crippen molar-refractivity contribution in [3.8, 4) is 11.1 Å². The number of carbonyl (C=O) groups excluding carboxylic acids is 1. The molecule has 0 radical (unpaired) electrons. The summed E-state index contributed by atoms with van der Waals surface area (Å²) in [6, 6.07) is 22.0. The van der Waals surface area contributed by atoms with Gasteiger partial charge >= 0.3 is 0 Å². The van der Waals surface area contributed by atoms with Crippen LogP contribution in [0.5, 0.6) is 0 Å². The van der Waals surface area contributed by atoms with Crippen LogP contribution in [0.1, 0.15) is 0 Å². The molecule has 0 atom stereocenters. The Bertz CT molecular complexity index is 739. The molecule has 2 aromatic carbocycles. The van der Waals surface area contributed by atoms with Gasteiger partial charge in [-0.2, -0.15) is 0 Å². The van der Waals surface area contributed by atoms with Crippen LogP contribution in [-0.4, -0.2) is 11.7 Å². The van der Waals surface area contributed by atoms with Crippen LogP contribution in [0.3, 0.4) is 0 Å². The van der Waals surface area contributed by atoms with E-state index in [0.717, 1.165) is 21.0 Å². The molecule has 3 rings (SSSR count). The van der Waals surface area contributed by atoms with E-state index in [9.17, 15) is 4.79 Å². The van der Waals surface area contributed by atoms with Crippen molar-refractivity contribution < 1.29 is 4.79 Å². The lowest BCUT2D eigenvalue weighted by Crippen LogP contribution is -2.14. The standard InChI is InChI=1S/C18H15NOS2/c20-17(13-22-18-11-6-12-21-18)19-16-10-5-4-9-15(16)14-7-2-1-3-8-14/h1-12H,13H2,(H,19,20). The molecule has 0 aliphatic heterocycles. The molecule has 0 aliphatic carbocycles. The molecule has 1 heterocycles. The second-order valence-electron chi connectivity index (χ2n) is 4.68. The highest BCUT2D eigenvalue weighted by Gasteiger charge is 2.08. The molecule has 0 fully saturated rings. The summed E-state index contributed by atoms with van der Waals surface area (Å²) in [6.45, 7) is 0. The number of para-hydroxylation sites is 1. The van der Waals surface area contributed by atoms with Crippen LogP contribution < -0.4 is 5.32 Å². The lowest BCUT2D eigenvalue weighted by atomic mass is 10.0. The maximum atomic E-state index is 12.2. The molecular weight excluding hydrogens is 310 g/mol. The second kappa shape index (κ2) is 7.29. The molecule has 0 unspecified atom stereocenters. The van der Waals surface area contributed by atoms with Gasteiger partial charge in [0.2, 0.25) is 5.91 Å². The van der Waals surface area contributed by atoms with Gasteiger partial charge in [0.05, 0.1) is 9.96 Å². The molecule has 4 heteroatoms. The first-order valence-corrected chi connectivity index (χ1v) is 8.80. The number of hydrogen-bond acceptors (Lipinski definition) is 3. The summed E-state index contributed by atoms with van der Waals surface area (Å²) in [5.41, 5.74) is 2.99. The van der Waals surface area contributed by atoms with Gasteiger partial charge in [-0.15, -0.1) is 23.1 Å². The first kappa shape index (κ1) is 14.9. The Morgan fingerprint density at radius 2 is 1.73 bits per heavy atom. The average molecular weight is 325 g/mol. The summed E-state index contributed by atoms with van der Waals surface area (Å²) in [7, 11) is 0. The number of carbonyl (C=O) groups is 1. The molecule has 0 aliphatic rings. The molecule has 0 saturated carbocycles. The highest BCUT2D eigenvalue weighted by molar-refractivity contribution is 8.01. The number of hydrogen-bond donors (Lipinski definition) is 1. The van der Waals surface area contributed by atoms with Gasteiger partial charge in [-0.25, -0.2) is 0 Å². The number of rotatable bonds is 5. The fourth-order valence-electron chi connectivity index (χ4n) is 2.13. The topological polar surface area (TPSA) is 29.1 Å². The molecule has 2 nitrogen and oxygen atoms in total. The third-order valence-electron chi connectivity index (χ3n) is 3.13. The van der Waals surface area contributed by atoms with Crippen molar-refractivity contribution >= 4 is 34.7 Å². The Hall–Kier alpha value is -2.04. The van der Waals surface area contributed by atoms with E-state index in [1.54, 1.807) is 23.1 Å². The molecule has 110 valence electrons. The largest absolute Gasteiger partial charge is 0.325 e. The molecule has 0 saturated heterocycles. The average Bonchev–Trinajstić information content (AvgIpc) is 3.08. The predicted octanol–water partition coefficient (Wildman–Crippen LogP) is 5.15. The fourth-order valence-corrected chi connectivity index (χ4v) is 3.71. The van der Waals surface area contributed by atoms with E-state index in [4.69, 9.17) is 0 Å². The molecule has 1 N–H and O–H groups in total. The number of thiophene rings is 1. The monoisotopic (exact) mass is 325 g/mol. The van der Waals surface area contributed by atoms with Crippen LogP contribution in [0.2, 0.25) is 0 Å². The van der Waals surface area contributed by atoms with Crippen molar-refractivity contribution in [2.24, 2.45) is 0 Å². The summed E-state index contributed by atoms with van der Waals surface area (Å²) in [5.74, 6) is 0.436. The van der Waals surface area contributed by atoms with E-state index < -0.39 is 0 Å². The van der Waals surface area contributed by atoms with Crippen LogP contribution in [0, 0.1) is 0 Å². The maximum Gasteiger partial charge on any atom is 0.234 e. The van der Waals surface area contributed by atoms with Crippen molar-refractivity contribution in [2.45, 2.75) is 4.21 Å². The number of amides is 1. The molecule has 1 aromatic heterocycles. The third kappa shape index (κ3) is 3.78. The van der Waals surface area contributed by atoms with Crippen LogP contribution in [0.25, 0.3) is 11.1 Å². The van der Waals surface area contributed by atoms with Crippen LogP contribution in [0.15, 0.2) is 76.3 Å². The molecular formula is C18H15NOS2. The quantitative estimate of drug-likeness (QED) is 0.658. The minimum atomic E-state index is 0.0155. The minimum Gasteiger partial charge on any atom is -0.325 e. The van der Waals surface area contributed by atoms with Gasteiger partial charge < -0.3 is 5.32 Å². The first-order chi connectivity index (χ1) is 10.8. The Morgan fingerprint density at radius 1 is 0.955 bits per heavy atom. The summed E-state index contributed by atoms with van der Waals surface area (Å²) >= 11 is 3.22. The lowest BCUT2D eigenvalue weighted by molar-refractivity contribution is -0.113. The summed E-state index contributed by atoms with van der Waals surface area (Å²) in [6.07, 6.45) is 0. The summed E-state index contributed by atoms with van der Waals surface area (Å²) in [5, 5.41) is 5.04.